The average Bonchev–Trinajstić information content (AvgIpc) is 2.32. The van der Waals surface area contributed by atoms with Gasteiger partial charge in [0.25, 0.3) is 0 Å². The first-order valence-corrected chi connectivity index (χ1v) is 6.78. The molecule has 0 atom stereocenters. The van der Waals surface area contributed by atoms with Crippen LogP contribution in [0, 0.1) is 19.3 Å². The van der Waals surface area contributed by atoms with Gasteiger partial charge < -0.3 is 10.5 Å². The number of terminal acetylenes is 1. The molecule has 18 heavy (non-hydrogen) atoms. The van der Waals surface area contributed by atoms with Crippen molar-refractivity contribution in [2.24, 2.45) is 0 Å². The normalized spacial score (nSPS) is 10.9. The molecule has 0 saturated carbocycles. The van der Waals surface area contributed by atoms with Gasteiger partial charge in [-0.1, -0.05) is 0 Å². The molecule has 0 unspecified atom stereocenters. The maximum Gasteiger partial charge on any atom is 0.244 e. The lowest BCUT2D eigenvalue weighted by Gasteiger charge is -2.12. The van der Waals surface area contributed by atoms with Crippen molar-refractivity contribution in [1.82, 2.24) is 4.72 Å². The molecule has 6 heteroatoms. The highest BCUT2D eigenvalue weighted by Crippen LogP contribution is 2.28. The number of methoxy groups -OCH3 is 1. The first kappa shape index (κ1) is 14.4. The van der Waals surface area contributed by atoms with Crippen molar-refractivity contribution in [3.05, 3.63) is 17.7 Å². The Morgan fingerprint density at radius 3 is 2.72 bits per heavy atom. The first-order valence-electron chi connectivity index (χ1n) is 5.29. The molecule has 0 radical (unpaired) electrons. The third kappa shape index (κ3) is 3.15. The Hall–Kier alpha value is -1.71. The maximum atomic E-state index is 12.0. The van der Waals surface area contributed by atoms with E-state index in [0.717, 1.165) is 5.56 Å². The summed E-state index contributed by atoms with van der Waals surface area (Å²) >= 11 is 0. The van der Waals surface area contributed by atoms with E-state index in [2.05, 4.69) is 10.6 Å². The summed E-state index contributed by atoms with van der Waals surface area (Å²) in [4.78, 5) is 0.0186. The molecule has 1 aromatic rings. The van der Waals surface area contributed by atoms with Crippen LogP contribution in [0.4, 0.5) is 5.69 Å². The van der Waals surface area contributed by atoms with Crippen molar-refractivity contribution >= 4 is 15.7 Å². The largest absolute Gasteiger partial charge is 0.495 e. The summed E-state index contributed by atoms with van der Waals surface area (Å²) < 4.78 is 31.5. The van der Waals surface area contributed by atoms with E-state index in [1.807, 2.05) is 0 Å². The van der Waals surface area contributed by atoms with Crippen LogP contribution in [0.15, 0.2) is 17.0 Å². The Morgan fingerprint density at radius 1 is 1.50 bits per heavy atom. The summed E-state index contributed by atoms with van der Waals surface area (Å²) in [6, 6.07) is 2.97. The molecule has 3 N–H and O–H groups in total. The number of nitrogens with one attached hydrogen (secondary N) is 1. The van der Waals surface area contributed by atoms with E-state index in [4.69, 9.17) is 16.9 Å². The summed E-state index contributed by atoms with van der Waals surface area (Å²) in [6.07, 6.45) is 5.39. The molecule has 98 valence electrons. The summed E-state index contributed by atoms with van der Waals surface area (Å²) in [6.45, 7) is 1.95. The maximum absolute atomic E-state index is 12.0. The number of sulfonamides is 1. The van der Waals surface area contributed by atoms with Gasteiger partial charge in [-0.2, -0.15) is 0 Å². The molecule has 0 spiro atoms. The van der Waals surface area contributed by atoms with Crippen LogP contribution in [0.3, 0.4) is 0 Å². The average molecular weight is 268 g/mol. The minimum Gasteiger partial charge on any atom is -0.495 e. The molecule has 0 aliphatic heterocycles. The Morgan fingerprint density at radius 2 is 2.17 bits per heavy atom. The van der Waals surface area contributed by atoms with Gasteiger partial charge in [-0.25, -0.2) is 13.1 Å². The molecule has 0 fully saturated rings. The fourth-order valence-electron chi connectivity index (χ4n) is 1.38. The van der Waals surface area contributed by atoms with Crippen LogP contribution in [0.2, 0.25) is 0 Å². The predicted molar refractivity (Wildman–Crippen MR) is 70.8 cm³/mol. The quantitative estimate of drug-likeness (QED) is 0.472. The highest BCUT2D eigenvalue weighted by Gasteiger charge is 2.20. The van der Waals surface area contributed by atoms with Crippen LogP contribution >= 0.6 is 0 Å². The number of ether oxygens (including phenoxy) is 1. The van der Waals surface area contributed by atoms with Crippen molar-refractivity contribution in [3.63, 3.8) is 0 Å². The third-order valence-corrected chi connectivity index (χ3v) is 3.89. The van der Waals surface area contributed by atoms with E-state index in [1.54, 1.807) is 13.0 Å². The summed E-state index contributed by atoms with van der Waals surface area (Å²) in [5, 5.41) is 0. The molecule has 1 aromatic carbocycles. The highest BCUT2D eigenvalue weighted by molar-refractivity contribution is 7.89. The van der Waals surface area contributed by atoms with Crippen molar-refractivity contribution in [3.8, 4) is 18.1 Å². The fraction of sp³-hybridized carbons (Fsp3) is 0.333. The van der Waals surface area contributed by atoms with Gasteiger partial charge in [-0.05, 0) is 24.6 Å². The number of nitrogens with two attached hydrogens (primary N) is 1. The number of rotatable bonds is 5. The highest BCUT2D eigenvalue weighted by atomic mass is 32.2. The van der Waals surface area contributed by atoms with Crippen LogP contribution in [-0.2, 0) is 10.0 Å². The smallest absolute Gasteiger partial charge is 0.244 e. The number of hydrogen-bond acceptors (Lipinski definition) is 4. The predicted octanol–water partition coefficient (Wildman–Crippen LogP) is 0.887. The number of hydrogen-bond donors (Lipinski definition) is 2. The number of benzene rings is 1. The molecule has 0 aromatic heterocycles. The Kier molecular flexibility index (Phi) is 4.59. The molecule has 0 aliphatic carbocycles. The van der Waals surface area contributed by atoms with E-state index >= 15 is 0 Å². The van der Waals surface area contributed by atoms with E-state index in [0.29, 0.717) is 12.1 Å². The van der Waals surface area contributed by atoms with Gasteiger partial charge in [0.2, 0.25) is 10.0 Å². The summed E-state index contributed by atoms with van der Waals surface area (Å²) in [7, 11) is -2.26. The minimum atomic E-state index is -3.67. The van der Waals surface area contributed by atoms with Crippen LogP contribution in [0.25, 0.3) is 0 Å². The molecular weight excluding hydrogens is 252 g/mol. The topological polar surface area (TPSA) is 81.4 Å². The second-order valence-corrected chi connectivity index (χ2v) is 5.45. The van der Waals surface area contributed by atoms with Crippen molar-refractivity contribution in [2.75, 3.05) is 19.4 Å². The fourth-order valence-corrected chi connectivity index (χ4v) is 2.60. The lowest BCUT2D eigenvalue weighted by molar-refractivity contribution is 0.402. The van der Waals surface area contributed by atoms with Gasteiger partial charge in [-0.3, -0.25) is 0 Å². The van der Waals surface area contributed by atoms with Gasteiger partial charge in [-0.15, -0.1) is 12.3 Å². The minimum absolute atomic E-state index is 0.0186. The van der Waals surface area contributed by atoms with Crippen molar-refractivity contribution in [1.29, 1.82) is 0 Å². The third-order valence-electron chi connectivity index (χ3n) is 2.40. The molecule has 0 saturated heterocycles. The standard InChI is InChI=1S/C12H16N2O3S/c1-4-5-6-14-18(15,16)12-8-10(13)9(2)7-11(12)17-3/h1,7-8,14H,5-6,13H2,2-3H3. The second-order valence-electron chi connectivity index (χ2n) is 3.71. The van der Waals surface area contributed by atoms with Crippen molar-refractivity contribution < 1.29 is 13.2 Å². The molecule has 0 heterocycles. The molecule has 0 aliphatic rings. The van der Waals surface area contributed by atoms with E-state index < -0.39 is 10.0 Å². The van der Waals surface area contributed by atoms with Gasteiger partial charge in [0.15, 0.2) is 0 Å². The SMILES string of the molecule is C#CCCNS(=O)(=O)c1cc(N)c(C)cc1OC. The molecule has 1 rings (SSSR count). The van der Waals surface area contributed by atoms with Gasteiger partial charge in [0.05, 0.1) is 7.11 Å². The zero-order valence-corrected chi connectivity index (χ0v) is 11.2. The second kappa shape index (κ2) is 5.76. The molecule has 0 amide bonds. The van der Waals surface area contributed by atoms with Crippen LogP contribution in [0.5, 0.6) is 5.75 Å². The zero-order chi connectivity index (χ0) is 13.8. The molecule has 5 nitrogen and oxygen atoms in total. The van der Waals surface area contributed by atoms with E-state index in [-0.39, 0.29) is 17.2 Å². The number of nitrogen functional groups attached to an aromatic ring is 1. The lowest BCUT2D eigenvalue weighted by atomic mass is 10.2. The van der Waals surface area contributed by atoms with Gasteiger partial charge in [0.1, 0.15) is 10.6 Å². The van der Waals surface area contributed by atoms with Crippen LogP contribution in [-0.4, -0.2) is 22.1 Å². The molecule has 0 bridgehead atoms. The van der Waals surface area contributed by atoms with Gasteiger partial charge >= 0.3 is 0 Å². The van der Waals surface area contributed by atoms with E-state index in [9.17, 15) is 8.42 Å². The zero-order valence-electron chi connectivity index (χ0n) is 10.4. The lowest BCUT2D eigenvalue weighted by Crippen LogP contribution is -2.25. The first-order chi connectivity index (χ1) is 8.42. The number of aryl methyl sites for hydroxylation is 1. The van der Waals surface area contributed by atoms with Crippen LogP contribution < -0.4 is 15.2 Å². The summed E-state index contributed by atoms with van der Waals surface area (Å²) in [5.74, 6) is 2.62. The Labute approximate surface area is 107 Å². The number of anilines is 1. The monoisotopic (exact) mass is 268 g/mol. The summed E-state index contributed by atoms with van der Waals surface area (Å²) in [5.41, 5.74) is 6.87. The van der Waals surface area contributed by atoms with Crippen molar-refractivity contribution in [2.45, 2.75) is 18.2 Å². The molecular formula is C12H16N2O3S. The Balaban J connectivity index is 3.16. The Bertz CT molecular complexity index is 574. The van der Waals surface area contributed by atoms with E-state index in [1.165, 1.54) is 13.2 Å². The van der Waals surface area contributed by atoms with Crippen LogP contribution in [0.1, 0.15) is 12.0 Å². The van der Waals surface area contributed by atoms with Gasteiger partial charge in [0, 0.05) is 18.7 Å².